The molecule has 1 saturated heterocycles. The number of carbonyl (C=O) groups excluding carboxylic acids is 2. The fraction of sp³-hybridized carbons (Fsp3) is 0.760. The highest BCUT2D eigenvalue weighted by atomic mass is 19.1. The largest absolute Gasteiger partial charge is 0.462 e. The zero-order valence-electron chi connectivity index (χ0n) is 22.2. The van der Waals surface area contributed by atoms with Crippen molar-refractivity contribution in [1.82, 2.24) is 9.55 Å². The first-order chi connectivity index (χ1) is 18.3. The van der Waals surface area contributed by atoms with E-state index >= 15 is 4.39 Å². The number of unbranched alkanes of at least 4 members (excludes halogenated alkanes) is 8. The van der Waals surface area contributed by atoms with Gasteiger partial charge in [-0.2, -0.15) is 4.98 Å². The molecule has 0 bridgehead atoms. The van der Waals surface area contributed by atoms with E-state index in [1.54, 1.807) is 0 Å². The molecule has 4 atom stereocenters. The minimum absolute atomic E-state index is 0.0187. The molecule has 2 heterocycles. The minimum Gasteiger partial charge on any atom is -0.462 e. The van der Waals surface area contributed by atoms with Gasteiger partial charge in [-0.1, -0.05) is 70.3 Å². The van der Waals surface area contributed by atoms with Crippen molar-refractivity contribution in [3.63, 3.8) is 0 Å². The van der Waals surface area contributed by atoms with Crippen LogP contribution in [0.15, 0.2) is 22.2 Å². The van der Waals surface area contributed by atoms with Gasteiger partial charge in [0.05, 0.1) is 0 Å². The Morgan fingerprint density at radius 3 is 2.32 bits per heavy atom. The lowest BCUT2D eigenvalue weighted by atomic mass is 10.1. The molecule has 0 radical (unpaired) electrons. The van der Waals surface area contributed by atoms with E-state index in [2.05, 4.69) is 28.9 Å². The molecule has 1 aromatic rings. The van der Waals surface area contributed by atoms with Crippen molar-refractivity contribution < 1.29 is 28.2 Å². The van der Waals surface area contributed by atoms with E-state index in [1.165, 1.54) is 12.3 Å². The topological polar surface area (TPSA) is 171 Å². The van der Waals surface area contributed by atoms with E-state index < -0.39 is 48.5 Å². The van der Waals surface area contributed by atoms with Crippen LogP contribution in [0.3, 0.4) is 0 Å². The Morgan fingerprint density at radius 2 is 1.74 bits per heavy atom. The minimum atomic E-state index is -2.23. The van der Waals surface area contributed by atoms with Crippen LogP contribution >= 0.6 is 0 Å². The van der Waals surface area contributed by atoms with Crippen molar-refractivity contribution in [2.24, 2.45) is 5.11 Å². The van der Waals surface area contributed by atoms with Gasteiger partial charge in [0.2, 0.25) is 5.72 Å². The maximum Gasteiger partial charge on any atom is 0.351 e. The van der Waals surface area contributed by atoms with Gasteiger partial charge in [-0.15, -0.1) is 0 Å². The van der Waals surface area contributed by atoms with Gasteiger partial charge in [-0.3, -0.25) is 14.2 Å². The van der Waals surface area contributed by atoms with Gasteiger partial charge < -0.3 is 19.9 Å². The lowest BCUT2D eigenvalue weighted by molar-refractivity contribution is -0.177. The van der Waals surface area contributed by atoms with Crippen LogP contribution in [-0.4, -0.2) is 46.1 Å². The number of nitrogen functional groups attached to an aromatic ring is 1. The van der Waals surface area contributed by atoms with Gasteiger partial charge in [-0.25, -0.2) is 9.18 Å². The molecule has 212 valence electrons. The predicted molar refractivity (Wildman–Crippen MR) is 137 cm³/mol. The van der Waals surface area contributed by atoms with Crippen LogP contribution in [0.2, 0.25) is 0 Å². The van der Waals surface area contributed by atoms with E-state index in [1.807, 2.05) is 0 Å². The summed E-state index contributed by atoms with van der Waals surface area (Å²) in [4.78, 5) is 43.7. The van der Waals surface area contributed by atoms with Crippen molar-refractivity contribution in [2.45, 2.75) is 115 Å². The third kappa shape index (κ3) is 8.98. The quantitative estimate of drug-likeness (QED) is 0.0961. The molecule has 2 N–H and O–H groups in total. The number of aromatic nitrogens is 2. The average molecular weight is 539 g/mol. The molecule has 38 heavy (non-hydrogen) atoms. The lowest BCUT2D eigenvalue weighted by Crippen LogP contribution is -2.47. The second-order valence-corrected chi connectivity index (χ2v) is 9.43. The van der Waals surface area contributed by atoms with Crippen molar-refractivity contribution in [3.05, 3.63) is 33.2 Å². The van der Waals surface area contributed by atoms with Gasteiger partial charge in [0.25, 0.3) is 0 Å². The number of hydrogen-bond acceptors (Lipinski definition) is 9. The second-order valence-electron chi connectivity index (χ2n) is 9.43. The number of esters is 2. The van der Waals surface area contributed by atoms with Crippen LogP contribution in [0.25, 0.3) is 10.4 Å². The van der Waals surface area contributed by atoms with Crippen LogP contribution in [0.1, 0.15) is 97.1 Å². The smallest absolute Gasteiger partial charge is 0.351 e. The molecule has 1 fully saturated rings. The predicted octanol–water partition coefficient (Wildman–Crippen LogP) is 4.88. The first-order valence-electron chi connectivity index (χ1n) is 13.4. The maximum absolute atomic E-state index is 15.8. The summed E-state index contributed by atoms with van der Waals surface area (Å²) in [5.41, 5.74) is 11.7. The summed E-state index contributed by atoms with van der Waals surface area (Å²) in [5, 5.41) is 3.58. The lowest BCUT2D eigenvalue weighted by Gasteiger charge is -2.28. The van der Waals surface area contributed by atoms with Crippen molar-refractivity contribution in [2.75, 3.05) is 12.3 Å². The number of nitrogens with two attached hydrogens (primary N) is 1. The normalized spacial score (nSPS) is 22.6. The highest BCUT2D eigenvalue weighted by Crippen LogP contribution is 2.42. The summed E-state index contributed by atoms with van der Waals surface area (Å²) < 4.78 is 33.0. The van der Waals surface area contributed by atoms with Crippen molar-refractivity contribution in [3.8, 4) is 0 Å². The molecule has 2 rings (SSSR count). The van der Waals surface area contributed by atoms with E-state index in [4.69, 9.17) is 19.9 Å². The zero-order valence-corrected chi connectivity index (χ0v) is 22.2. The van der Waals surface area contributed by atoms with Crippen LogP contribution in [0.5, 0.6) is 0 Å². The zero-order chi connectivity index (χ0) is 28.0. The Labute approximate surface area is 221 Å². The number of ether oxygens (including phenoxy) is 3. The molecule has 1 aromatic heterocycles. The summed E-state index contributed by atoms with van der Waals surface area (Å²) in [5.74, 6) is -1.40. The highest BCUT2D eigenvalue weighted by Gasteiger charge is 2.60. The van der Waals surface area contributed by atoms with Gasteiger partial charge in [0.15, 0.2) is 18.5 Å². The second kappa shape index (κ2) is 15.9. The van der Waals surface area contributed by atoms with Gasteiger partial charge >= 0.3 is 17.6 Å². The van der Waals surface area contributed by atoms with Crippen molar-refractivity contribution in [1.29, 1.82) is 0 Å². The summed E-state index contributed by atoms with van der Waals surface area (Å²) in [6.45, 7) is 3.46. The molecule has 0 aliphatic carbocycles. The number of nitrogens with zero attached hydrogens (tertiary/aromatic N) is 5. The van der Waals surface area contributed by atoms with Crippen LogP contribution < -0.4 is 11.4 Å². The fourth-order valence-electron chi connectivity index (χ4n) is 4.23. The Kier molecular flexibility index (Phi) is 13.0. The molecule has 12 nitrogen and oxygen atoms in total. The third-order valence-electron chi connectivity index (χ3n) is 6.34. The Bertz CT molecular complexity index is 1020. The Hall–Kier alpha value is -3.18. The molecular formula is C25H39FN6O6. The van der Waals surface area contributed by atoms with Gasteiger partial charge in [0.1, 0.15) is 12.4 Å². The van der Waals surface area contributed by atoms with Gasteiger partial charge in [-0.05, 0) is 24.4 Å². The number of rotatable bonds is 17. The van der Waals surface area contributed by atoms with Crippen LogP contribution in [0.4, 0.5) is 10.2 Å². The molecule has 0 aromatic carbocycles. The van der Waals surface area contributed by atoms with Crippen LogP contribution in [-0.2, 0) is 23.8 Å². The Balaban J connectivity index is 2.21. The Morgan fingerprint density at radius 1 is 1.13 bits per heavy atom. The fourth-order valence-corrected chi connectivity index (χ4v) is 4.23. The summed E-state index contributed by atoms with van der Waals surface area (Å²) in [6, 6.07) is 1.26. The molecule has 1 aliphatic rings. The molecule has 13 heteroatoms. The monoisotopic (exact) mass is 538 g/mol. The summed E-state index contributed by atoms with van der Waals surface area (Å²) in [7, 11) is 0. The molecule has 0 saturated carbocycles. The standard InChI is InChI=1S/C25H39FN6O6/c1-3-5-7-9-11-13-19(33)36-17-25(30-31-28)22(37-20(34)14-12-10-8-6-4-2)21(26)23(38-25)32-16-15-18(27)29-24(32)35/h15-16,21-23H,3-14,17H2,1-2H3,(H2,27,29,35)/t21-,22+,23-,25?/m1/s1. The van der Waals surface area contributed by atoms with E-state index in [9.17, 15) is 19.9 Å². The highest BCUT2D eigenvalue weighted by molar-refractivity contribution is 5.70. The first-order valence-corrected chi connectivity index (χ1v) is 13.4. The number of hydrogen-bond donors (Lipinski definition) is 1. The molecule has 1 aliphatic heterocycles. The summed E-state index contributed by atoms with van der Waals surface area (Å²) in [6.07, 6.45) is 4.66. The van der Waals surface area contributed by atoms with Crippen molar-refractivity contribution >= 4 is 17.8 Å². The number of azide groups is 1. The SMILES string of the molecule is CCCCCCCC(=O)OCC1(N=[N+]=[N-])O[C@@H](n2ccc(N)nc2=O)[C@H](F)[C@@H]1OC(=O)CCCCCCC. The number of alkyl halides is 1. The number of halogens is 1. The summed E-state index contributed by atoms with van der Waals surface area (Å²) >= 11 is 0. The number of anilines is 1. The van der Waals surface area contributed by atoms with Gasteiger partial charge in [0, 0.05) is 24.0 Å². The maximum atomic E-state index is 15.8. The molecule has 1 unspecified atom stereocenters. The molecular weight excluding hydrogens is 499 g/mol. The third-order valence-corrected chi connectivity index (χ3v) is 6.34. The van der Waals surface area contributed by atoms with E-state index in [-0.39, 0.29) is 18.7 Å². The van der Waals surface area contributed by atoms with E-state index in [0.717, 1.165) is 55.9 Å². The van der Waals surface area contributed by atoms with Crippen LogP contribution in [0, 0.1) is 0 Å². The average Bonchev–Trinajstić information content (AvgIpc) is 3.14. The number of carbonyl (C=O) groups is 2. The molecule has 0 spiro atoms. The molecule has 0 amide bonds. The van der Waals surface area contributed by atoms with E-state index in [0.29, 0.717) is 12.8 Å². The first kappa shape index (κ1) is 31.0.